The van der Waals surface area contributed by atoms with Crippen LogP contribution in [0.3, 0.4) is 0 Å². The summed E-state index contributed by atoms with van der Waals surface area (Å²) in [5, 5.41) is 5.17. The van der Waals surface area contributed by atoms with Gasteiger partial charge in [0.1, 0.15) is 12.3 Å². The number of furan rings is 1. The summed E-state index contributed by atoms with van der Waals surface area (Å²) in [6.45, 7) is -0.644. The molecule has 0 fully saturated rings. The number of imide groups is 1. The van der Waals surface area contributed by atoms with Crippen molar-refractivity contribution in [1.82, 2.24) is 15.5 Å². The predicted molar refractivity (Wildman–Crippen MR) is 95.4 cm³/mol. The van der Waals surface area contributed by atoms with Crippen molar-refractivity contribution >= 4 is 46.8 Å². The molecule has 0 bridgehead atoms. The van der Waals surface area contributed by atoms with E-state index in [1.807, 2.05) is 0 Å². The number of carbonyl (C=O) groups excluding carboxylic acids is 4. The molecule has 0 saturated carbocycles. The van der Waals surface area contributed by atoms with Gasteiger partial charge in [0.25, 0.3) is 11.8 Å². The van der Waals surface area contributed by atoms with Crippen molar-refractivity contribution in [2.45, 2.75) is 6.54 Å². The van der Waals surface area contributed by atoms with Crippen LogP contribution in [-0.4, -0.2) is 41.6 Å². The van der Waals surface area contributed by atoms with Gasteiger partial charge in [0.2, 0.25) is 11.8 Å². The fourth-order valence-electron chi connectivity index (χ4n) is 2.47. The third-order valence-electron chi connectivity index (χ3n) is 3.80. The molecule has 27 heavy (non-hydrogen) atoms. The first-order valence-corrected chi connectivity index (χ1v) is 8.53. The summed E-state index contributed by atoms with van der Waals surface area (Å²) in [5.41, 5.74) is 0.164. The van der Waals surface area contributed by atoms with Crippen molar-refractivity contribution < 1.29 is 23.6 Å². The quantitative estimate of drug-likeness (QED) is 0.704. The molecule has 0 saturated heterocycles. The van der Waals surface area contributed by atoms with Crippen LogP contribution in [0.15, 0.2) is 34.9 Å². The molecule has 0 aliphatic carbocycles. The lowest BCUT2D eigenvalue weighted by Crippen LogP contribution is -2.43. The van der Waals surface area contributed by atoms with E-state index >= 15 is 0 Å². The van der Waals surface area contributed by atoms with Gasteiger partial charge >= 0.3 is 0 Å². The molecule has 1 aliphatic rings. The number of hydrogen-bond donors (Lipinski definition) is 2. The molecule has 4 amide bonds. The highest BCUT2D eigenvalue weighted by atomic mass is 35.5. The maximum absolute atomic E-state index is 12.3. The number of rotatable bonds is 6. The van der Waals surface area contributed by atoms with E-state index in [0.717, 1.165) is 4.90 Å². The van der Waals surface area contributed by atoms with Gasteiger partial charge in [-0.1, -0.05) is 23.2 Å². The molecular weight excluding hydrogens is 397 g/mol. The summed E-state index contributed by atoms with van der Waals surface area (Å²) in [4.78, 5) is 49.1. The normalized spacial score (nSPS) is 12.9. The number of halogens is 2. The zero-order chi connectivity index (χ0) is 19.6. The highest BCUT2D eigenvalue weighted by Gasteiger charge is 2.37. The summed E-state index contributed by atoms with van der Waals surface area (Å²) in [7, 11) is 0. The molecule has 0 radical (unpaired) electrons. The van der Waals surface area contributed by atoms with Crippen molar-refractivity contribution in [2.75, 3.05) is 13.1 Å². The predicted octanol–water partition coefficient (Wildman–Crippen LogP) is 1.61. The average molecular weight is 410 g/mol. The maximum atomic E-state index is 12.3. The minimum atomic E-state index is -0.658. The zero-order valence-corrected chi connectivity index (χ0v) is 15.3. The van der Waals surface area contributed by atoms with E-state index in [9.17, 15) is 19.2 Å². The Balaban J connectivity index is 1.53. The molecule has 8 nitrogen and oxygen atoms in total. The first-order valence-electron chi connectivity index (χ1n) is 7.78. The van der Waals surface area contributed by atoms with Gasteiger partial charge in [0.05, 0.1) is 40.5 Å². The third-order valence-corrected chi connectivity index (χ3v) is 4.52. The highest BCUT2D eigenvalue weighted by Crippen LogP contribution is 2.31. The van der Waals surface area contributed by atoms with Crippen LogP contribution in [0.25, 0.3) is 0 Å². The van der Waals surface area contributed by atoms with Crippen LogP contribution in [0.2, 0.25) is 10.0 Å². The van der Waals surface area contributed by atoms with E-state index in [0.29, 0.717) is 5.76 Å². The Morgan fingerprint density at radius 3 is 2.19 bits per heavy atom. The molecular formula is C17H13Cl2N3O5. The van der Waals surface area contributed by atoms with Gasteiger partial charge in [-0.3, -0.25) is 24.1 Å². The van der Waals surface area contributed by atoms with Gasteiger partial charge in [-0.15, -0.1) is 0 Å². The van der Waals surface area contributed by atoms with Gasteiger partial charge < -0.3 is 15.1 Å². The smallest absolute Gasteiger partial charge is 0.262 e. The van der Waals surface area contributed by atoms with Crippen molar-refractivity contribution in [3.63, 3.8) is 0 Å². The van der Waals surface area contributed by atoms with E-state index in [1.54, 1.807) is 12.1 Å². The molecule has 3 rings (SSSR count). The fraction of sp³-hybridized carbons (Fsp3) is 0.176. The minimum absolute atomic E-state index is 0.0818. The van der Waals surface area contributed by atoms with Crippen molar-refractivity contribution in [3.05, 3.63) is 57.5 Å². The number of carbonyl (C=O) groups is 4. The summed E-state index contributed by atoms with van der Waals surface area (Å²) in [5.74, 6) is -1.83. The Morgan fingerprint density at radius 2 is 1.63 bits per heavy atom. The minimum Gasteiger partial charge on any atom is -0.467 e. The van der Waals surface area contributed by atoms with Gasteiger partial charge in [-0.05, 0) is 24.3 Å². The van der Waals surface area contributed by atoms with E-state index in [1.165, 1.54) is 18.4 Å². The van der Waals surface area contributed by atoms with E-state index < -0.39 is 30.2 Å². The van der Waals surface area contributed by atoms with E-state index in [4.69, 9.17) is 27.6 Å². The molecule has 1 aromatic heterocycles. The Labute approximate surface area is 163 Å². The fourth-order valence-corrected chi connectivity index (χ4v) is 2.79. The molecule has 0 unspecified atom stereocenters. The second-order valence-electron chi connectivity index (χ2n) is 5.64. The standard InChI is InChI=1S/C17H13Cl2N3O5/c18-12-4-10-11(5-13(12)19)17(26)22(16(10)25)8-15(24)21-7-14(23)20-6-9-2-1-3-27-9/h1-5H,6-8H2,(H,20,23)(H,21,24). The van der Waals surface area contributed by atoms with Gasteiger partial charge in [0.15, 0.2) is 0 Å². The molecule has 2 N–H and O–H groups in total. The number of nitrogens with zero attached hydrogens (tertiary/aromatic N) is 1. The SMILES string of the molecule is O=C(CNC(=O)CN1C(=O)c2cc(Cl)c(Cl)cc2C1=O)NCc1ccco1. The zero-order valence-electron chi connectivity index (χ0n) is 13.8. The van der Waals surface area contributed by atoms with Gasteiger partial charge in [0, 0.05) is 0 Å². The average Bonchev–Trinajstić information content (AvgIpc) is 3.23. The molecule has 10 heteroatoms. The van der Waals surface area contributed by atoms with Crippen LogP contribution in [0.4, 0.5) is 0 Å². The Morgan fingerprint density at radius 1 is 1.00 bits per heavy atom. The summed E-state index contributed by atoms with van der Waals surface area (Å²) in [6, 6.07) is 5.96. The molecule has 1 aromatic carbocycles. The molecule has 2 aromatic rings. The lowest BCUT2D eigenvalue weighted by Gasteiger charge is -2.13. The molecule has 2 heterocycles. The summed E-state index contributed by atoms with van der Waals surface area (Å²) >= 11 is 11.7. The third kappa shape index (κ3) is 4.12. The first kappa shape index (κ1) is 18.9. The number of nitrogens with one attached hydrogen (secondary N) is 2. The lowest BCUT2D eigenvalue weighted by atomic mass is 10.1. The first-order chi connectivity index (χ1) is 12.9. The topological polar surface area (TPSA) is 109 Å². The van der Waals surface area contributed by atoms with Crippen LogP contribution in [0.5, 0.6) is 0 Å². The summed E-state index contributed by atoms with van der Waals surface area (Å²) < 4.78 is 5.07. The van der Waals surface area contributed by atoms with Crippen LogP contribution in [0.1, 0.15) is 26.5 Å². The number of benzene rings is 1. The van der Waals surface area contributed by atoms with Gasteiger partial charge in [-0.25, -0.2) is 0 Å². The molecule has 0 atom stereocenters. The Hall–Kier alpha value is -2.84. The maximum Gasteiger partial charge on any atom is 0.262 e. The van der Waals surface area contributed by atoms with Crippen LogP contribution >= 0.6 is 23.2 Å². The second kappa shape index (κ2) is 7.81. The highest BCUT2D eigenvalue weighted by molar-refractivity contribution is 6.43. The van der Waals surface area contributed by atoms with Crippen molar-refractivity contribution in [2.24, 2.45) is 0 Å². The van der Waals surface area contributed by atoms with E-state index in [2.05, 4.69) is 10.6 Å². The molecule has 140 valence electrons. The van der Waals surface area contributed by atoms with Crippen LogP contribution in [0, 0.1) is 0 Å². The van der Waals surface area contributed by atoms with Crippen LogP contribution < -0.4 is 10.6 Å². The number of fused-ring (bicyclic) bond motifs is 1. The number of amides is 4. The Kier molecular flexibility index (Phi) is 5.48. The molecule has 0 spiro atoms. The Bertz CT molecular complexity index is 886. The lowest BCUT2D eigenvalue weighted by molar-refractivity contribution is -0.126. The van der Waals surface area contributed by atoms with Crippen molar-refractivity contribution in [1.29, 1.82) is 0 Å². The second-order valence-corrected chi connectivity index (χ2v) is 6.46. The molecule has 1 aliphatic heterocycles. The van der Waals surface area contributed by atoms with E-state index in [-0.39, 0.29) is 34.3 Å². The van der Waals surface area contributed by atoms with Gasteiger partial charge in [-0.2, -0.15) is 0 Å². The van der Waals surface area contributed by atoms with Crippen molar-refractivity contribution in [3.8, 4) is 0 Å². The van der Waals surface area contributed by atoms with Crippen LogP contribution in [-0.2, 0) is 16.1 Å². The summed E-state index contributed by atoms with van der Waals surface area (Å²) in [6.07, 6.45) is 1.48. The monoisotopic (exact) mass is 409 g/mol. The largest absolute Gasteiger partial charge is 0.467 e. The number of hydrogen-bond acceptors (Lipinski definition) is 5.